The maximum atomic E-state index is 11.5. The Hall–Kier alpha value is -0.850. The largest absolute Gasteiger partial charge is 0.468 e. The highest BCUT2D eigenvalue weighted by Crippen LogP contribution is 2.14. The molecule has 0 radical (unpaired) electrons. The summed E-state index contributed by atoms with van der Waals surface area (Å²) in [7, 11) is -2.83. The quantitative estimate of drug-likeness (QED) is 0.870. The van der Waals surface area contributed by atoms with Crippen LogP contribution in [0.1, 0.15) is 19.6 Å². The fourth-order valence-corrected chi connectivity index (χ4v) is 4.18. The third-order valence-electron chi connectivity index (χ3n) is 3.61. The van der Waals surface area contributed by atoms with E-state index in [1.165, 1.54) is 0 Å². The molecule has 2 heterocycles. The van der Waals surface area contributed by atoms with E-state index in [-0.39, 0.29) is 17.5 Å². The molecular weight excluding hydrogens is 264 g/mol. The third kappa shape index (κ3) is 4.06. The van der Waals surface area contributed by atoms with Crippen LogP contribution in [-0.4, -0.2) is 50.0 Å². The van der Waals surface area contributed by atoms with Gasteiger partial charge in [-0.1, -0.05) is 0 Å². The number of hydrogen-bond acceptors (Lipinski definition) is 5. The fraction of sp³-hybridized carbons (Fsp3) is 0.692. The second-order valence-corrected chi connectivity index (χ2v) is 7.49. The number of nitrogens with zero attached hydrogens (tertiary/aromatic N) is 1. The van der Waals surface area contributed by atoms with E-state index in [1.807, 2.05) is 19.1 Å². The summed E-state index contributed by atoms with van der Waals surface area (Å²) in [6, 6.07) is 4.23. The Morgan fingerprint density at radius 3 is 3.00 bits per heavy atom. The van der Waals surface area contributed by atoms with Crippen LogP contribution in [0, 0.1) is 0 Å². The van der Waals surface area contributed by atoms with Crippen LogP contribution in [0.25, 0.3) is 0 Å². The van der Waals surface area contributed by atoms with Gasteiger partial charge in [0.25, 0.3) is 0 Å². The maximum Gasteiger partial charge on any atom is 0.153 e. The van der Waals surface area contributed by atoms with Crippen LogP contribution in [0.15, 0.2) is 22.8 Å². The van der Waals surface area contributed by atoms with E-state index in [9.17, 15) is 8.42 Å². The first-order valence-electron chi connectivity index (χ1n) is 6.67. The molecule has 6 heteroatoms. The summed E-state index contributed by atoms with van der Waals surface area (Å²) in [6.07, 6.45) is 1.66. The van der Waals surface area contributed by atoms with E-state index in [0.717, 1.165) is 12.3 Å². The van der Waals surface area contributed by atoms with Crippen molar-refractivity contribution < 1.29 is 12.8 Å². The van der Waals surface area contributed by atoms with Crippen molar-refractivity contribution in [1.82, 2.24) is 10.2 Å². The zero-order valence-electron chi connectivity index (χ0n) is 11.5. The molecular formula is C13H22N2O3S. The Bertz CT molecular complexity index is 484. The molecule has 1 saturated heterocycles. The van der Waals surface area contributed by atoms with E-state index >= 15 is 0 Å². The van der Waals surface area contributed by atoms with Crippen molar-refractivity contribution >= 4 is 9.84 Å². The molecule has 0 bridgehead atoms. The number of hydrogen-bond donors (Lipinski definition) is 1. The summed E-state index contributed by atoms with van der Waals surface area (Å²) in [4.78, 5) is 2.26. The van der Waals surface area contributed by atoms with Crippen molar-refractivity contribution in [3.05, 3.63) is 24.2 Å². The van der Waals surface area contributed by atoms with Crippen LogP contribution in [0.2, 0.25) is 0 Å². The normalized spacial score (nSPS) is 25.3. The van der Waals surface area contributed by atoms with Gasteiger partial charge in [0.2, 0.25) is 0 Å². The van der Waals surface area contributed by atoms with Gasteiger partial charge in [-0.15, -0.1) is 0 Å². The van der Waals surface area contributed by atoms with Gasteiger partial charge in [-0.2, -0.15) is 0 Å². The molecule has 1 aromatic heterocycles. The first-order valence-corrected chi connectivity index (χ1v) is 8.49. The van der Waals surface area contributed by atoms with Gasteiger partial charge < -0.3 is 9.73 Å². The Morgan fingerprint density at radius 1 is 1.58 bits per heavy atom. The summed E-state index contributed by atoms with van der Waals surface area (Å²) in [5.41, 5.74) is 0. The first kappa shape index (κ1) is 14.6. The van der Waals surface area contributed by atoms with Crippen molar-refractivity contribution in [2.75, 3.05) is 24.6 Å². The SMILES string of the molecule is CC(CNCc1ccco1)N1CCS(=O)(=O)CC1C. The molecule has 1 N–H and O–H groups in total. The summed E-state index contributed by atoms with van der Waals surface area (Å²) in [6.45, 7) is 6.28. The molecule has 108 valence electrons. The van der Waals surface area contributed by atoms with E-state index in [4.69, 9.17) is 4.42 Å². The van der Waals surface area contributed by atoms with Gasteiger partial charge in [-0.25, -0.2) is 8.42 Å². The van der Waals surface area contributed by atoms with Gasteiger partial charge in [-0.05, 0) is 26.0 Å². The van der Waals surface area contributed by atoms with Crippen LogP contribution in [-0.2, 0) is 16.4 Å². The Morgan fingerprint density at radius 2 is 2.37 bits per heavy atom. The minimum atomic E-state index is -2.83. The van der Waals surface area contributed by atoms with Crippen LogP contribution >= 0.6 is 0 Å². The second-order valence-electron chi connectivity index (χ2n) is 5.26. The van der Waals surface area contributed by atoms with Gasteiger partial charge >= 0.3 is 0 Å². The lowest BCUT2D eigenvalue weighted by Gasteiger charge is -2.37. The van der Waals surface area contributed by atoms with Crippen molar-refractivity contribution in [1.29, 1.82) is 0 Å². The average molecular weight is 286 g/mol. The molecule has 1 aromatic rings. The Labute approximate surface area is 114 Å². The predicted molar refractivity (Wildman–Crippen MR) is 74.7 cm³/mol. The summed E-state index contributed by atoms with van der Waals surface area (Å²) < 4.78 is 28.3. The third-order valence-corrected chi connectivity index (χ3v) is 5.40. The highest BCUT2D eigenvalue weighted by molar-refractivity contribution is 7.91. The molecule has 0 aliphatic carbocycles. The summed E-state index contributed by atoms with van der Waals surface area (Å²) in [5, 5.41) is 3.34. The molecule has 0 spiro atoms. The van der Waals surface area contributed by atoms with Gasteiger partial charge in [-0.3, -0.25) is 4.90 Å². The zero-order chi connectivity index (χ0) is 13.9. The Kier molecular flexibility index (Phi) is 4.65. The molecule has 2 rings (SSSR count). The van der Waals surface area contributed by atoms with Crippen molar-refractivity contribution in [2.45, 2.75) is 32.5 Å². The smallest absolute Gasteiger partial charge is 0.153 e. The molecule has 1 aliphatic heterocycles. The minimum absolute atomic E-state index is 0.0964. The molecule has 1 fully saturated rings. The molecule has 2 atom stereocenters. The van der Waals surface area contributed by atoms with Crippen LogP contribution in [0.5, 0.6) is 0 Å². The van der Waals surface area contributed by atoms with Crippen LogP contribution < -0.4 is 5.32 Å². The van der Waals surface area contributed by atoms with Crippen LogP contribution in [0.3, 0.4) is 0 Å². The van der Waals surface area contributed by atoms with Crippen molar-refractivity contribution in [3.8, 4) is 0 Å². The number of furan rings is 1. The van der Waals surface area contributed by atoms with Crippen molar-refractivity contribution in [2.24, 2.45) is 0 Å². The summed E-state index contributed by atoms with van der Waals surface area (Å²) in [5.74, 6) is 1.47. The number of nitrogens with one attached hydrogen (secondary N) is 1. The van der Waals surface area contributed by atoms with E-state index < -0.39 is 9.84 Å². The lowest BCUT2D eigenvalue weighted by molar-refractivity contribution is 0.165. The van der Waals surface area contributed by atoms with Gasteiger partial charge in [0.1, 0.15) is 5.76 Å². The number of rotatable bonds is 5. The van der Waals surface area contributed by atoms with Gasteiger partial charge in [0.05, 0.1) is 24.3 Å². The molecule has 5 nitrogen and oxygen atoms in total. The molecule has 0 saturated carbocycles. The lowest BCUT2D eigenvalue weighted by atomic mass is 10.2. The predicted octanol–water partition coefficient (Wildman–Crippen LogP) is 0.877. The Balaban J connectivity index is 1.78. The fourth-order valence-electron chi connectivity index (χ4n) is 2.60. The summed E-state index contributed by atoms with van der Waals surface area (Å²) >= 11 is 0. The topological polar surface area (TPSA) is 62.6 Å². The van der Waals surface area contributed by atoms with E-state index in [1.54, 1.807) is 6.26 Å². The standard InChI is InChI=1S/C13H22N2O3S/c1-11(8-14-9-13-4-3-6-18-13)15-5-7-19(16,17)10-12(15)2/h3-4,6,11-12,14H,5,7-10H2,1-2H3. The maximum absolute atomic E-state index is 11.5. The van der Waals surface area contributed by atoms with Gasteiger partial charge in [0.15, 0.2) is 9.84 Å². The van der Waals surface area contributed by atoms with Crippen LogP contribution in [0.4, 0.5) is 0 Å². The highest BCUT2D eigenvalue weighted by atomic mass is 32.2. The average Bonchev–Trinajstić information content (AvgIpc) is 2.80. The second kappa shape index (κ2) is 6.07. The minimum Gasteiger partial charge on any atom is -0.468 e. The van der Waals surface area contributed by atoms with E-state index in [0.29, 0.717) is 19.1 Å². The first-order chi connectivity index (χ1) is 8.98. The molecule has 1 aliphatic rings. The molecule has 0 amide bonds. The van der Waals surface area contributed by atoms with E-state index in [2.05, 4.69) is 17.1 Å². The molecule has 2 unspecified atom stereocenters. The molecule has 19 heavy (non-hydrogen) atoms. The van der Waals surface area contributed by atoms with Gasteiger partial charge in [0, 0.05) is 25.2 Å². The monoisotopic (exact) mass is 286 g/mol. The lowest BCUT2D eigenvalue weighted by Crippen LogP contribution is -2.53. The number of sulfone groups is 1. The zero-order valence-corrected chi connectivity index (χ0v) is 12.3. The van der Waals surface area contributed by atoms with Crippen molar-refractivity contribution in [3.63, 3.8) is 0 Å². The highest BCUT2D eigenvalue weighted by Gasteiger charge is 2.30. The molecule has 0 aromatic carbocycles.